The molecule has 0 bridgehead atoms. The van der Waals surface area contributed by atoms with Gasteiger partial charge in [-0.2, -0.15) is 4.98 Å². The van der Waals surface area contributed by atoms with Crippen LogP contribution in [0.15, 0.2) is 30.3 Å². The zero-order chi connectivity index (χ0) is 12.3. The van der Waals surface area contributed by atoms with Crippen molar-refractivity contribution in [2.45, 2.75) is 12.8 Å². The quantitative estimate of drug-likeness (QED) is 0.841. The predicted octanol–water partition coefficient (Wildman–Crippen LogP) is 1.57. The first-order valence-electron chi connectivity index (χ1n) is 5.27. The molecule has 0 saturated heterocycles. The summed E-state index contributed by atoms with van der Waals surface area (Å²) in [4.78, 5) is 7.87. The number of nitrogen functional groups attached to an aromatic ring is 2. The van der Waals surface area contributed by atoms with Crippen LogP contribution in [0, 0.1) is 5.82 Å². The Morgan fingerprint density at radius 3 is 2.35 bits per heavy atom. The summed E-state index contributed by atoms with van der Waals surface area (Å²) in [5.41, 5.74) is 12.9. The zero-order valence-electron chi connectivity index (χ0n) is 9.23. The van der Waals surface area contributed by atoms with Gasteiger partial charge >= 0.3 is 0 Å². The first-order chi connectivity index (χ1) is 8.13. The van der Waals surface area contributed by atoms with Gasteiger partial charge in [-0.3, -0.25) is 0 Å². The molecule has 0 spiro atoms. The lowest BCUT2D eigenvalue weighted by atomic mass is 10.1. The van der Waals surface area contributed by atoms with Crippen molar-refractivity contribution in [3.05, 3.63) is 47.4 Å². The minimum absolute atomic E-state index is 0.180. The van der Waals surface area contributed by atoms with Gasteiger partial charge in [-0.25, -0.2) is 9.37 Å². The third-order valence-electron chi connectivity index (χ3n) is 2.40. The highest BCUT2D eigenvalue weighted by atomic mass is 19.1. The number of rotatable bonds is 3. The highest BCUT2D eigenvalue weighted by molar-refractivity contribution is 5.36. The molecular formula is C12H13FN4. The molecule has 0 saturated carbocycles. The minimum atomic E-state index is -0.232. The third kappa shape index (κ3) is 3.14. The van der Waals surface area contributed by atoms with E-state index in [1.807, 2.05) is 0 Å². The van der Waals surface area contributed by atoms with E-state index in [2.05, 4.69) is 9.97 Å². The topological polar surface area (TPSA) is 77.8 Å². The molecule has 17 heavy (non-hydrogen) atoms. The lowest BCUT2D eigenvalue weighted by Crippen LogP contribution is -2.03. The maximum Gasteiger partial charge on any atom is 0.222 e. The van der Waals surface area contributed by atoms with Crippen LogP contribution in [0.4, 0.5) is 16.2 Å². The van der Waals surface area contributed by atoms with Crippen LogP contribution in [0.5, 0.6) is 0 Å². The molecule has 0 amide bonds. The van der Waals surface area contributed by atoms with Crippen LogP contribution in [0.2, 0.25) is 0 Å². The fraction of sp³-hybridized carbons (Fsp3) is 0.167. The number of aromatic nitrogens is 2. The van der Waals surface area contributed by atoms with Crippen LogP contribution >= 0.6 is 0 Å². The SMILES string of the molecule is Nc1cc(CCc2ccc(F)cc2)nc(N)n1. The van der Waals surface area contributed by atoms with Gasteiger partial charge in [0, 0.05) is 11.8 Å². The summed E-state index contributed by atoms with van der Waals surface area (Å²) in [6, 6.07) is 8.09. The van der Waals surface area contributed by atoms with Gasteiger partial charge in [-0.15, -0.1) is 0 Å². The van der Waals surface area contributed by atoms with E-state index in [4.69, 9.17) is 11.5 Å². The lowest BCUT2D eigenvalue weighted by Gasteiger charge is -2.03. The van der Waals surface area contributed by atoms with E-state index in [9.17, 15) is 4.39 Å². The van der Waals surface area contributed by atoms with Crippen molar-refractivity contribution in [1.82, 2.24) is 9.97 Å². The Balaban J connectivity index is 2.04. The Hall–Kier alpha value is -2.17. The fourth-order valence-corrected chi connectivity index (χ4v) is 1.59. The Kier molecular flexibility index (Phi) is 3.18. The Morgan fingerprint density at radius 1 is 1.00 bits per heavy atom. The van der Waals surface area contributed by atoms with Gasteiger partial charge in [0.25, 0.3) is 0 Å². The van der Waals surface area contributed by atoms with Crippen molar-refractivity contribution in [3.8, 4) is 0 Å². The summed E-state index contributed by atoms with van der Waals surface area (Å²) in [6.07, 6.45) is 1.46. The van der Waals surface area contributed by atoms with E-state index in [1.54, 1.807) is 18.2 Å². The molecule has 4 N–H and O–H groups in total. The number of nitrogens with two attached hydrogens (primary N) is 2. The molecule has 2 aromatic rings. The molecule has 1 heterocycles. The van der Waals surface area contributed by atoms with Crippen molar-refractivity contribution in [2.24, 2.45) is 0 Å². The Labute approximate surface area is 98.5 Å². The van der Waals surface area contributed by atoms with Gasteiger partial charge in [0.05, 0.1) is 0 Å². The highest BCUT2D eigenvalue weighted by Crippen LogP contribution is 2.09. The molecule has 4 nitrogen and oxygen atoms in total. The van der Waals surface area contributed by atoms with E-state index in [-0.39, 0.29) is 11.8 Å². The monoisotopic (exact) mass is 232 g/mol. The van der Waals surface area contributed by atoms with Crippen molar-refractivity contribution >= 4 is 11.8 Å². The number of benzene rings is 1. The van der Waals surface area contributed by atoms with E-state index in [1.165, 1.54) is 12.1 Å². The number of halogens is 1. The molecular weight excluding hydrogens is 219 g/mol. The molecule has 1 aromatic heterocycles. The molecule has 0 fully saturated rings. The standard InChI is InChI=1S/C12H13FN4/c13-9-4-1-8(2-5-9)3-6-10-7-11(14)17-12(15)16-10/h1-2,4-5,7H,3,6H2,(H4,14,15,16,17). The summed E-state index contributed by atoms with van der Waals surface area (Å²) in [6.45, 7) is 0. The predicted molar refractivity (Wildman–Crippen MR) is 64.7 cm³/mol. The van der Waals surface area contributed by atoms with Gasteiger partial charge in [0.2, 0.25) is 5.95 Å². The second-order valence-electron chi connectivity index (χ2n) is 3.77. The summed E-state index contributed by atoms with van der Waals surface area (Å²) in [5, 5.41) is 0. The molecule has 0 aliphatic rings. The van der Waals surface area contributed by atoms with Crippen molar-refractivity contribution < 1.29 is 4.39 Å². The molecule has 0 aliphatic heterocycles. The zero-order valence-corrected chi connectivity index (χ0v) is 9.23. The van der Waals surface area contributed by atoms with Crippen molar-refractivity contribution in [3.63, 3.8) is 0 Å². The average molecular weight is 232 g/mol. The van der Waals surface area contributed by atoms with Gasteiger partial charge in [0.15, 0.2) is 0 Å². The number of nitrogens with zero attached hydrogens (tertiary/aromatic N) is 2. The average Bonchev–Trinajstić information content (AvgIpc) is 2.27. The molecule has 0 aliphatic carbocycles. The number of hydrogen-bond acceptors (Lipinski definition) is 4. The van der Waals surface area contributed by atoms with Crippen LogP contribution in [-0.2, 0) is 12.8 Å². The van der Waals surface area contributed by atoms with Crippen LogP contribution in [0.3, 0.4) is 0 Å². The third-order valence-corrected chi connectivity index (χ3v) is 2.40. The smallest absolute Gasteiger partial charge is 0.222 e. The van der Waals surface area contributed by atoms with Gasteiger partial charge in [-0.05, 0) is 30.5 Å². The molecule has 2 rings (SSSR count). The summed E-state index contributed by atoms with van der Waals surface area (Å²) in [5.74, 6) is 0.315. The van der Waals surface area contributed by atoms with Gasteiger partial charge in [0.1, 0.15) is 11.6 Å². The molecule has 0 radical (unpaired) electrons. The lowest BCUT2D eigenvalue weighted by molar-refractivity contribution is 0.627. The first-order valence-corrected chi connectivity index (χ1v) is 5.27. The van der Waals surface area contributed by atoms with E-state index >= 15 is 0 Å². The summed E-state index contributed by atoms with van der Waals surface area (Å²) >= 11 is 0. The molecule has 0 unspecified atom stereocenters. The fourth-order valence-electron chi connectivity index (χ4n) is 1.59. The summed E-state index contributed by atoms with van der Waals surface area (Å²) < 4.78 is 12.7. The number of hydrogen-bond donors (Lipinski definition) is 2. The van der Waals surface area contributed by atoms with Crippen LogP contribution < -0.4 is 11.5 Å². The van der Waals surface area contributed by atoms with Crippen molar-refractivity contribution in [1.29, 1.82) is 0 Å². The molecule has 5 heteroatoms. The Morgan fingerprint density at radius 2 is 1.71 bits per heavy atom. The largest absolute Gasteiger partial charge is 0.384 e. The normalized spacial score (nSPS) is 10.4. The van der Waals surface area contributed by atoms with E-state index in [0.29, 0.717) is 12.2 Å². The first kappa shape index (κ1) is 11.3. The minimum Gasteiger partial charge on any atom is -0.384 e. The second-order valence-corrected chi connectivity index (χ2v) is 3.77. The molecule has 1 aromatic carbocycles. The maximum absolute atomic E-state index is 12.7. The number of anilines is 2. The second kappa shape index (κ2) is 4.78. The van der Waals surface area contributed by atoms with Crippen LogP contribution in [0.1, 0.15) is 11.3 Å². The Bertz CT molecular complexity index is 490. The van der Waals surface area contributed by atoms with Gasteiger partial charge in [-0.1, -0.05) is 12.1 Å². The molecule has 0 atom stereocenters. The van der Waals surface area contributed by atoms with Gasteiger partial charge < -0.3 is 11.5 Å². The highest BCUT2D eigenvalue weighted by Gasteiger charge is 2.01. The van der Waals surface area contributed by atoms with E-state index in [0.717, 1.165) is 17.7 Å². The van der Waals surface area contributed by atoms with Crippen LogP contribution in [0.25, 0.3) is 0 Å². The molecule has 88 valence electrons. The number of aryl methyl sites for hydroxylation is 2. The van der Waals surface area contributed by atoms with Crippen molar-refractivity contribution in [2.75, 3.05) is 11.5 Å². The summed E-state index contributed by atoms with van der Waals surface area (Å²) in [7, 11) is 0. The maximum atomic E-state index is 12.7. The van der Waals surface area contributed by atoms with E-state index < -0.39 is 0 Å². The van der Waals surface area contributed by atoms with Crippen LogP contribution in [-0.4, -0.2) is 9.97 Å².